The Kier molecular flexibility index (Phi) is 4.63. The third-order valence-corrected chi connectivity index (χ3v) is 5.96. The highest BCUT2D eigenvalue weighted by molar-refractivity contribution is 8.01. The van der Waals surface area contributed by atoms with Crippen molar-refractivity contribution in [3.05, 3.63) is 35.9 Å². The van der Waals surface area contributed by atoms with Crippen molar-refractivity contribution in [3.63, 3.8) is 0 Å². The van der Waals surface area contributed by atoms with Crippen LogP contribution in [-0.2, 0) is 10.2 Å². The van der Waals surface area contributed by atoms with Crippen molar-refractivity contribution in [2.45, 2.75) is 29.0 Å². The number of nitrogens with one attached hydrogen (secondary N) is 1. The molecule has 0 unspecified atom stereocenters. The van der Waals surface area contributed by atoms with Gasteiger partial charge in [-0.25, -0.2) is 0 Å². The highest BCUT2D eigenvalue weighted by Gasteiger charge is 2.38. The van der Waals surface area contributed by atoms with Crippen LogP contribution in [0.3, 0.4) is 0 Å². The number of carbonyl (C=O) groups is 1. The summed E-state index contributed by atoms with van der Waals surface area (Å²) >= 11 is 2.68. The molecule has 0 saturated heterocycles. The van der Waals surface area contributed by atoms with Crippen molar-refractivity contribution in [1.82, 2.24) is 15.5 Å². The number of aromatic nitrogens is 2. The largest absolute Gasteiger partial charge is 0.374 e. The minimum Gasteiger partial charge on any atom is -0.374 e. The number of hydrogen-bond acceptors (Lipinski definition) is 6. The molecule has 1 aromatic carbocycles. The summed E-state index contributed by atoms with van der Waals surface area (Å²) in [6.07, 6.45) is 3.50. The minimum atomic E-state index is 0.0287. The summed E-state index contributed by atoms with van der Waals surface area (Å²) in [7, 11) is 0. The average Bonchev–Trinajstić information content (AvgIpc) is 2.91. The summed E-state index contributed by atoms with van der Waals surface area (Å²) in [5, 5.41) is 11.1. The SMILES string of the molecule is Nc1nnc(SCC(=O)NCC2(c3ccccc3)CCC2)s1. The second-order valence-corrected chi connectivity index (χ2v) is 7.70. The zero-order valence-corrected chi connectivity index (χ0v) is 13.8. The van der Waals surface area contributed by atoms with Gasteiger partial charge in [-0.2, -0.15) is 0 Å². The van der Waals surface area contributed by atoms with Gasteiger partial charge in [-0.15, -0.1) is 10.2 Å². The van der Waals surface area contributed by atoms with Crippen LogP contribution in [-0.4, -0.2) is 28.4 Å². The molecule has 3 rings (SSSR count). The Bertz CT molecular complexity index is 640. The number of benzene rings is 1. The number of carbonyl (C=O) groups excluding carboxylic acids is 1. The molecule has 5 nitrogen and oxygen atoms in total. The lowest BCUT2D eigenvalue weighted by Crippen LogP contribution is -2.46. The molecule has 116 valence electrons. The first-order chi connectivity index (χ1) is 10.7. The van der Waals surface area contributed by atoms with E-state index >= 15 is 0 Å². The molecule has 1 saturated carbocycles. The fourth-order valence-corrected chi connectivity index (χ4v) is 4.15. The van der Waals surface area contributed by atoms with E-state index in [0.717, 1.165) is 17.2 Å². The van der Waals surface area contributed by atoms with Gasteiger partial charge in [-0.3, -0.25) is 4.79 Å². The Morgan fingerprint density at radius 2 is 2.09 bits per heavy atom. The van der Waals surface area contributed by atoms with Crippen LogP contribution in [0.2, 0.25) is 0 Å². The molecule has 1 aromatic heterocycles. The van der Waals surface area contributed by atoms with E-state index in [1.165, 1.54) is 35.1 Å². The fourth-order valence-electron chi connectivity index (χ4n) is 2.69. The maximum atomic E-state index is 12.0. The third kappa shape index (κ3) is 3.41. The van der Waals surface area contributed by atoms with Crippen molar-refractivity contribution in [2.75, 3.05) is 18.0 Å². The Morgan fingerprint density at radius 1 is 1.32 bits per heavy atom. The van der Waals surface area contributed by atoms with Crippen LogP contribution in [0.4, 0.5) is 5.13 Å². The molecule has 1 heterocycles. The summed E-state index contributed by atoms with van der Waals surface area (Å²) in [6.45, 7) is 0.703. The predicted octanol–water partition coefficient (Wildman–Crippen LogP) is 2.45. The third-order valence-electron chi connectivity index (χ3n) is 4.07. The normalized spacial score (nSPS) is 16.0. The van der Waals surface area contributed by atoms with Crippen LogP contribution in [0, 0.1) is 0 Å². The molecule has 7 heteroatoms. The van der Waals surface area contributed by atoms with Crippen molar-refractivity contribution in [2.24, 2.45) is 0 Å². The van der Waals surface area contributed by atoms with Gasteiger partial charge < -0.3 is 11.1 Å². The van der Waals surface area contributed by atoms with Gasteiger partial charge in [0.15, 0.2) is 4.34 Å². The molecular weight excluding hydrogens is 316 g/mol. The molecule has 1 aliphatic rings. The van der Waals surface area contributed by atoms with E-state index in [2.05, 4.69) is 39.8 Å². The number of thioether (sulfide) groups is 1. The lowest BCUT2D eigenvalue weighted by Gasteiger charge is -2.42. The maximum absolute atomic E-state index is 12.0. The highest BCUT2D eigenvalue weighted by Crippen LogP contribution is 2.43. The summed E-state index contributed by atoms with van der Waals surface area (Å²) in [6, 6.07) is 10.5. The lowest BCUT2D eigenvalue weighted by molar-refractivity contribution is -0.119. The van der Waals surface area contributed by atoms with Crippen molar-refractivity contribution < 1.29 is 4.79 Å². The van der Waals surface area contributed by atoms with E-state index in [-0.39, 0.29) is 11.3 Å². The van der Waals surface area contributed by atoms with E-state index in [1.54, 1.807) is 0 Å². The second kappa shape index (κ2) is 6.66. The number of hydrogen-bond donors (Lipinski definition) is 2. The molecule has 0 radical (unpaired) electrons. The zero-order valence-electron chi connectivity index (χ0n) is 12.1. The molecule has 1 fully saturated rings. The molecular formula is C15H18N4OS2. The molecule has 0 spiro atoms. The van der Waals surface area contributed by atoms with Gasteiger partial charge in [0, 0.05) is 12.0 Å². The van der Waals surface area contributed by atoms with Gasteiger partial charge in [0.2, 0.25) is 11.0 Å². The van der Waals surface area contributed by atoms with Crippen LogP contribution in [0.1, 0.15) is 24.8 Å². The maximum Gasteiger partial charge on any atom is 0.230 e. The standard InChI is InChI=1S/C15H18N4OS2/c16-13-18-19-14(22-13)21-9-12(20)17-10-15(7-4-8-15)11-5-2-1-3-6-11/h1-3,5-6H,4,7-10H2,(H2,16,18)(H,17,20). The number of nitrogens with two attached hydrogens (primary N) is 1. The first kappa shape index (κ1) is 15.3. The van der Waals surface area contributed by atoms with Gasteiger partial charge in [-0.05, 0) is 18.4 Å². The van der Waals surface area contributed by atoms with Crippen LogP contribution in [0.15, 0.2) is 34.7 Å². The lowest BCUT2D eigenvalue weighted by atomic mass is 9.64. The topological polar surface area (TPSA) is 80.9 Å². The van der Waals surface area contributed by atoms with Crippen LogP contribution >= 0.6 is 23.1 Å². The molecule has 1 aliphatic carbocycles. The van der Waals surface area contributed by atoms with Gasteiger partial charge in [-0.1, -0.05) is 59.9 Å². The van der Waals surface area contributed by atoms with Gasteiger partial charge >= 0.3 is 0 Å². The summed E-state index contributed by atoms with van der Waals surface area (Å²) in [4.78, 5) is 12.0. The number of rotatable bonds is 6. The van der Waals surface area contributed by atoms with Crippen LogP contribution in [0.5, 0.6) is 0 Å². The number of nitrogens with zero attached hydrogens (tertiary/aromatic N) is 2. The molecule has 3 N–H and O–H groups in total. The molecule has 1 amide bonds. The molecule has 2 aromatic rings. The van der Waals surface area contributed by atoms with E-state index in [9.17, 15) is 4.79 Å². The Morgan fingerprint density at radius 3 is 2.68 bits per heavy atom. The van der Waals surface area contributed by atoms with Crippen LogP contribution in [0.25, 0.3) is 0 Å². The average molecular weight is 334 g/mol. The van der Waals surface area contributed by atoms with Crippen molar-refractivity contribution >= 4 is 34.1 Å². The predicted molar refractivity (Wildman–Crippen MR) is 90.0 cm³/mol. The van der Waals surface area contributed by atoms with Crippen molar-refractivity contribution in [1.29, 1.82) is 0 Å². The highest BCUT2D eigenvalue weighted by atomic mass is 32.2. The Hall–Kier alpha value is -1.60. The summed E-state index contributed by atoms with van der Waals surface area (Å²) in [5.74, 6) is 0.375. The molecule has 0 atom stereocenters. The van der Waals surface area contributed by atoms with Gasteiger partial charge in [0.05, 0.1) is 5.75 Å². The number of anilines is 1. The molecule has 0 aliphatic heterocycles. The molecule has 22 heavy (non-hydrogen) atoms. The van der Waals surface area contributed by atoms with Gasteiger partial charge in [0.25, 0.3) is 0 Å². The first-order valence-electron chi connectivity index (χ1n) is 7.22. The van der Waals surface area contributed by atoms with Crippen molar-refractivity contribution in [3.8, 4) is 0 Å². The monoisotopic (exact) mass is 334 g/mol. The van der Waals surface area contributed by atoms with E-state index in [1.807, 2.05) is 6.07 Å². The summed E-state index contributed by atoms with van der Waals surface area (Å²) in [5.41, 5.74) is 6.97. The van der Waals surface area contributed by atoms with E-state index in [4.69, 9.17) is 5.73 Å². The fraction of sp³-hybridized carbons (Fsp3) is 0.400. The smallest absolute Gasteiger partial charge is 0.230 e. The summed E-state index contributed by atoms with van der Waals surface area (Å²) < 4.78 is 0.731. The van der Waals surface area contributed by atoms with Gasteiger partial charge in [0.1, 0.15) is 0 Å². The van der Waals surface area contributed by atoms with E-state index in [0.29, 0.717) is 17.4 Å². The Balaban J connectivity index is 1.51. The zero-order chi connectivity index (χ0) is 15.4. The number of amides is 1. The van der Waals surface area contributed by atoms with Crippen LogP contribution < -0.4 is 11.1 Å². The van der Waals surface area contributed by atoms with E-state index < -0.39 is 0 Å². The minimum absolute atomic E-state index is 0.0287. The number of nitrogen functional groups attached to an aromatic ring is 1. The first-order valence-corrected chi connectivity index (χ1v) is 9.02. The Labute approximate surface area is 137 Å². The second-order valence-electron chi connectivity index (χ2n) is 5.47. The quantitative estimate of drug-likeness (QED) is 0.793. The molecule has 0 bridgehead atoms.